The van der Waals surface area contributed by atoms with Gasteiger partial charge in [0.2, 0.25) is 6.79 Å². The number of carboxylic acids is 1. The second kappa shape index (κ2) is 4.15. The summed E-state index contributed by atoms with van der Waals surface area (Å²) in [5.74, 6) is -0.513. The molecule has 2 aliphatic rings. The fourth-order valence-electron chi connectivity index (χ4n) is 2.51. The van der Waals surface area contributed by atoms with Crippen LogP contribution in [0.5, 0.6) is 11.5 Å². The first kappa shape index (κ1) is 11.3. The van der Waals surface area contributed by atoms with Gasteiger partial charge in [-0.3, -0.25) is 4.79 Å². The van der Waals surface area contributed by atoms with E-state index in [0.29, 0.717) is 17.1 Å². The number of hydrogen-bond donors (Lipinski definition) is 1. The largest absolute Gasteiger partial charge is 0.481 e. The maximum atomic E-state index is 14.0. The topological polar surface area (TPSA) is 55.8 Å². The van der Waals surface area contributed by atoms with Crippen LogP contribution in [-0.4, -0.2) is 17.9 Å². The summed E-state index contributed by atoms with van der Waals surface area (Å²) in [6, 6.07) is 2.84. The van der Waals surface area contributed by atoms with Crippen LogP contribution in [0, 0.1) is 11.7 Å². The zero-order chi connectivity index (χ0) is 12.7. The van der Waals surface area contributed by atoms with Crippen LogP contribution >= 0.6 is 0 Å². The van der Waals surface area contributed by atoms with Crippen LogP contribution in [0.25, 0.3) is 0 Å². The second-order valence-electron chi connectivity index (χ2n) is 4.74. The lowest BCUT2D eigenvalue weighted by Crippen LogP contribution is -2.11. The van der Waals surface area contributed by atoms with Gasteiger partial charge in [0, 0.05) is 11.5 Å². The second-order valence-corrected chi connectivity index (χ2v) is 4.74. The van der Waals surface area contributed by atoms with E-state index in [2.05, 4.69) is 0 Å². The number of aliphatic carboxylic acids is 1. The first-order chi connectivity index (χ1) is 8.66. The molecule has 0 saturated heterocycles. The fourth-order valence-corrected chi connectivity index (χ4v) is 2.51. The predicted molar refractivity (Wildman–Crippen MR) is 60.2 cm³/mol. The Morgan fingerprint density at radius 1 is 1.44 bits per heavy atom. The van der Waals surface area contributed by atoms with Crippen molar-refractivity contribution >= 4 is 5.97 Å². The van der Waals surface area contributed by atoms with Gasteiger partial charge in [-0.1, -0.05) is 0 Å². The standard InChI is InChI=1S/C13H13FO4/c14-9-3-4-10-13(18-6-17-10)12(9)8(5-11(15)16)7-1-2-7/h3-4,7-8H,1-2,5-6H2,(H,15,16). The van der Waals surface area contributed by atoms with E-state index in [4.69, 9.17) is 14.6 Å². The first-order valence-corrected chi connectivity index (χ1v) is 5.96. The highest BCUT2D eigenvalue weighted by molar-refractivity contribution is 5.69. The summed E-state index contributed by atoms with van der Waals surface area (Å²) in [7, 11) is 0. The smallest absolute Gasteiger partial charge is 0.303 e. The molecule has 0 bridgehead atoms. The number of halogens is 1. The van der Waals surface area contributed by atoms with Gasteiger partial charge in [-0.15, -0.1) is 0 Å². The van der Waals surface area contributed by atoms with Crippen LogP contribution in [0.4, 0.5) is 4.39 Å². The molecule has 1 aliphatic heterocycles. The minimum Gasteiger partial charge on any atom is -0.481 e. The molecule has 1 fully saturated rings. The predicted octanol–water partition coefficient (Wildman–Crippen LogP) is 2.52. The molecule has 1 aromatic carbocycles. The lowest BCUT2D eigenvalue weighted by atomic mass is 9.89. The number of carbonyl (C=O) groups is 1. The van der Waals surface area contributed by atoms with Crippen molar-refractivity contribution in [2.45, 2.75) is 25.2 Å². The Bertz CT molecular complexity index is 496. The van der Waals surface area contributed by atoms with Crippen molar-refractivity contribution in [2.75, 3.05) is 6.79 Å². The van der Waals surface area contributed by atoms with Gasteiger partial charge in [0.05, 0.1) is 6.42 Å². The first-order valence-electron chi connectivity index (χ1n) is 5.96. The third-order valence-electron chi connectivity index (χ3n) is 3.48. The van der Waals surface area contributed by atoms with Gasteiger partial charge in [-0.05, 0) is 30.9 Å². The summed E-state index contributed by atoms with van der Waals surface area (Å²) < 4.78 is 24.5. The van der Waals surface area contributed by atoms with E-state index < -0.39 is 11.8 Å². The van der Waals surface area contributed by atoms with Crippen LogP contribution in [0.3, 0.4) is 0 Å². The molecule has 1 saturated carbocycles. The maximum Gasteiger partial charge on any atom is 0.303 e. The Balaban J connectivity index is 2.03. The molecule has 18 heavy (non-hydrogen) atoms. The zero-order valence-corrected chi connectivity index (χ0v) is 9.69. The molecule has 1 aliphatic carbocycles. The highest BCUT2D eigenvalue weighted by Gasteiger charge is 2.38. The van der Waals surface area contributed by atoms with Crippen molar-refractivity contribution in [3.05, 3.63) is 23.5 Å². The summed E-state index contributed by atoms with van der Waals surface area (Å²) in [6.07, 6.45) is 1.82. The molecule has 0 spiro atoms. The number of benzene rings is 1. The van der Waals surface area contributed by atoms with Gasteiger partial charge < -0.3 is 14.6 Å². The van der Waals surface area contributed by atoms with E-state index in [0.717, 1.165) is 12.8 Å². The lowest BCUT2D eigenvalue weighted by molar-refractivity contribution is -0.137. The van der Waals surface area contributed by atoms with Gasteiger partial charge in [-0.2, -0.15) is 0 Å². The molecule has 0 radical (unpaired) electrons. The third-order valence-corrected chi connectivity index (χ3v) is 3.48. The molecule has 3 rings (SSSR count). The fraction of sp³-hybridized carbons (Fsp3) is 0.462. The van der Waals surface area contributed by atoms with Crippen molar-refractivity contribution in [2.24, 2.45) is 5.92 Å². The van der Waals surface area contributed by atoms with E-state index in [1.807, 2.05) is 0 Å². The van der Waals surface area contributed by atoms with Crippen molar-refractivity contribution in [1.29, 1.82) is 0 Å². The molecule has 1 aromatic rings. The summed E-state index contributed by atoms with van der Waals surface area (Å²) in [4.78, 5) is 10.9. The molecular formula is C13H13FO4. The molecule has 96 valence electrons. The summed E-state index contributed by atoms with van der Waals surface area (Å²) in [6.45, 7) is 0.0657. The SMILES string of the molecule is O=C(O)CC(c1c(F)ccc2c1OCO2)C1CC1. The average molecular weight is 252 g/mol. The highest BCUT2D eigenvalue weighted by Crippen LogP contribution is 2.50. The van der Waals surface area contributed by atoms with E-state index in [-0.39, 0.29) is 25.0 Å². The molecule has 4 nitrogen and oxygen atoms in total. The normalized spacial score (nSPS) is 18.7. The average Bonchev–Trinajstić information content (AvgIpc) is 3.05. The minimum absolute atomic E-state index is 0.0657. The van der Waals surface area contributed by atoms with Crippen LogP contribution in [-0.2, 0) is 4.79 Å². The summed E-state index contributed by atoms with van der Waals surface area (Å²) in [5, 5.41) is 8.97. The monoisotopic (exact) mass is 252 g/mol. The molecule has 0 amide bonds. The third kappa shape index (κ3) is 1.89. The van der Waals surface area contributed by atoms with E-state index in [1.54, 1.807) is 0 Å². The molecule has 5 heteroatoms. The number of fused-ring (bicyclic) bond motifs is 1. The lowest BCUT2D eigenvalue weighted by Gasteiger charge is -2.17. The van der Waals surface area contributed by atoms with Gasteiger partial charge in [-0.25, -0.2) is 4.39 Å². The Labute approximate surface area is 103 Å². The number of rotatable bonds is 4. The van der Waals surface area contributed by atoms with Crippen LogP contribution in [0.1, 0.15) is 30.7 Å². The van der Waals surface area contributed by atoms with Crippen LogP contribution in [0.15, 0.2) is 12.1 Å². The molecular weight excluding hydrogens is 239 g/mol. The number of carboxylic acid groups (broad SMARTS) is 1. The summed E-state index contributed by atoms with van der Waals surface area (Å²) >= 11 is 0. The van der Waals surface area contributed by atoms with Gasteiger partial charge in [0.15, 0.2) is 11.5 Å². The van der Waals surface area contributed by atoms with Crippen molar-refractivity contribution in [3.63, 3.8) is 0 Å². The Morgan fingerprint density at radius 2 is 2.22 bits per heavy atom. The van der Waals surface area contributed by atoms with E-state index in [1.165, 1.54) is 12.1 Å². The Kier molecular flexibility index (Phi) is 2.61. The van der Waals surface area contributed by atoms with E-state index in [9.17, 15) is 9.18 Å². The number of ether oxygens (including phenoxy) is 2. The molecule has 1 heterocycles. The molecule has 1 unspecified atom stereocenters. The summed E-state index contributed by atoms with van der Waals surface area (Å²) in [5.41, 5.74) is 0.370. The molecule has 1 N–H and O–H groups in total. The Morgan fingerprint density at radius 3 is 2.89 bits per heavy atom. The van der Waals surface area contributed by atoms with Crippen LogP contribution in [0.2, 0.25) is 0 Å². The Hall–Kier alpha value is -1.78. The van der Waals surface area contributed by atoms with E-state index >= 15 is 0 Å². The molecule has 1 atom stereocenters. The van der Waals surface area contributed by atoms with Gasteiger partial charge >= 0.3 is 5.97 Å². The van der Waals surface area contributed by atoms with Crippen LogP contribution < -0.4 is 9.47 Å². The van der Waals surface area contributed by atoms with Gasteiger partial charge in [0.1, 0.15) is 5.82 Å². The highest BCUT2D eigenvalue weighted by atomic mass is 19.1. The number of hydrogen-bond acceptors (Lipinski definition) is 3. The zero-order valence-electron chi connectivity index (χ0n) is 9.69. The molecule has 0 aromatic heterocycles. The minimum atomic E-state index is -0.914. The van der Waals surface area contributed by atoms with Crippen molar-refractivity contribution in [3.8, 4) is 11.5 Å². The van der Waals surface area contributed by atoms with Crippen molar-refractivity contribution in [1.82, 2.24) is 0 Å². The van der Waals surface area contributed by atoms with Crippen molar-refractivity contribution < 1.29 is 23.8 Å². The maximum absolute atomic E-state index is 14.0. The van der Waals surface area contributed by atoms with Gasteiger partial charge in [0.25, 0.3) is 0 Å². The quantitative estimate of drug-likeness (QED) is 0.894.